The molecule has 1 heterocycles. The molecule has 3 rings (SSSR count). The van der Waals surface area contributed by atoms with Crippen molar-refractivity contribution in [2.45, 2.75) is 43.8 Å². The van der Waals surface area contributed by atoms with Gasteiger partial charge in [0.25, 0.3) is 0 Å². The lowest BCUT2D eigenvalue weighted by Crippen LogP contribution is -2.56. The number of nitrogens with one attached hydrogen (secondary N) is 4. The van der Waals surface area contributed by atoms with Gasteiger partial charge in [0.2, 0.25) is 23.6 Å². The molecule has 13 nitrogen and oxygen atoms in total. The molecule has 4 bridgehead atoms. The van der Waals surface area contributed by atoms with E-state index in [2.05, 4.69) is 21.3 Å². The quantitative estimate of drug-likeness (QED) is 0.165. The van der Waals surface area contributed by atoms with Crippen LogP contribution in [0, 0.1) is 0 Å². The number of benzene rings is 2. The largest absolute Gasteiger partial charge is 0.508 e. The normalized spacial score (nSPS) is 19.4. The third-order valence-corrected chi connectivity index (χ3v) is 6.59. The maximum Gasteiger partial charge on any atom is 0.243 e. The average molecular weight is 556 g/mol. The molecule has 3 atom stereocenters. The number of hydrogen-bond acceptors (Lipinski definition) is 9. The fourth-order valence-electron chi connectivity index (χ4n) is 4.34. The summed E-state index contributed by atoms with van der Waals surface area (Å²) in [5, 5.41) is 31.6. The second kappa shape index (κ2) is 14.3. The molecular weight excluding hydrogens is 518 g/mol. The molecule has 0 spiro atoms. The van der Waals surface area contributed by atoms with Gasteiger partial charge in [-0.3, -0.25) is 19.2 Å². The number of carbonyl (C=O) groups excluding carboxylic acids is 4. The molecule has 0 saturated carbocycles. The Morgan fingerprint density at radius 1 is 0.875 bits per heavy atom. The van der Waals surface area contributed by atoms with Crippen LogP contribution in [-0.2, 0) is 32.0 Å². The van der Waals surface area contributed by atoms with Crippen LogP contribution in [0.1, 0.15) is 24.0 Å². The van der Waals surface area contributed by atoms with Gasteiger partial charge in [0.05, 0.1) is 12.6 Å². The zero-order valence-corrected chi connectivity index (χ0v) is 22.1. The summed E-state index contributed by atoms with van der Waals surface area (Å²) in [6.45, 7) is 0.274. The fourth-order valence-corrected chi connectivity index (χ4v) is 4.34. The molecule has 1 aliphatic heterocycles. The predicted octanol–water partition coefficient (Wildman–Crippen LogP) is -1.91. The summed E-state index contributed by atoms with van der Waals surface area (Å²) >= 11 is 0. The molecule has 1 aliphatic rings. The molecule has 12 N–H and O–H groups in total. The summed E-state index contributed by atoms with van der Waals surface area (Å²) in [5.74, 6) is -2.29. The standard InChI is InChI=1S/C27H37N7O6/c28-7-1-2-20-27(40)34-21(26(39)32-9-8-31-24(37)14-29)13-18-11-16(4-6-23(18)36)15-3-5-22(35)17(10-15)12-19(30)25(38)33-20/h3-6,10-11,19-21,35-36H,1-2,7-9,12-14,28-30H2,(H,31,37)(H,32,39)(H,33,38)(H,34,40)/t19-,20-,21?/m0/s1. The summed E-state index contributed by atoms with van der Waals surface area (Å²) in [5.41, 5.74) is 19.2. The molecule has 2 aromatic carbocycles. The predicted molar refractivity (Wildman–Crippen MR) is 148 cm³/mol. The Kier molecular flexibility index (Phi) is 10.8. The minimum absolute atomic E-state index is 0.00734. The van der Waals surface area contributed by atoms with Crippen LogP contribution in [0.15, 0.2) is 36.4 Å². The van der Waals surface area contributed by atoms with E-state index in [9.17, 15) is 29.4 Å². The van der Waals surface area contributed by atoms with Crippen molar-refractivity contribution < 1.29 is 29.4 Å². The van der Waals surface area contributed by atoms with E-state index in [-0.39, 0.29) is 62.8 Å². The van der Waals surface area contributed by atoms with Crippen molar-refractivity contribution in [3.8, 4) is 22.6 Å². The zero-order valence-electron chi connectivity index (χ0n) is 22.1. The number of carbonyl (C=O) groups is 4. The van der Waals surface area contributed by atoms with Crippen LogP contribution in [0.4, 0.5) is 0 Å². The number of phenols is 2. The Bertz CT molecular complexity index is 1240. The summed E-state index contributed by atoms with van der Waals surface area (Å²) < 4.78 is 0. The lowest BCUT2D eigenvalue weighted by atomic mass is 9.95. The molecular formula is C27H37N7O6. The minimum atomic E-state index is -1.13. The number of amides is 4. The van der Waals surface area contributed by atoms with Gasteiger partial charge in [0.1, 0.15) is 23.6 Å². The van der Waals surface area contributed by atoms with Gasteiger partial charge in [-0.25, -0.2) is 0 Å². The van der Waals surface area contributed by atoms with E-state index >= 15 is 0 Å². The molecule has 0 aromatic heterocycles. The third-order valence-electron chi connectivity index (χ3n) is 6.59. The van der Waals surface area contributed by atoms with E-state index < -0.39 is 35.8 Å². The van der Waals surface area contributed by atoms with E-state index in [0.29, 0.717) is 28.7 Å². The first kappa shape index (κ1) is 30.3. The summed E-state index contributed by atoms with van der Waals surface area (Å²) in [4.78, 5) is 50.9. The second-order valence-corrected chi connectivity index (χ2v) is 9.60. The summed E-state index contributed by atoms with van der Waals surface area (Å²) in [7, 11) is 0. The van der Waals surface area contributed by atoms with E-state index in [4.69, 9.17) is 17.2 Å². The lowest BCUT2D eigenvalue weighted by Gasteiger charge is -2.24. The van der Waals surface area contributed by atoms with E-state index in [1.54, 1.807) is 24.3 Å². The summed E-state index contributed by atoms with van der Waals surface area (Å²) in [6.07, 6.45) is 0.542. The van der Waals surface area contributed by atoms with Crippen LogP contribution in [0.3, 0.4) is 0 Å². The van der Waals surface area contributed by atoms with Crippen LogP contribution in [0.25, 0.3) is 11.1 Å². The van der Waals surface area contributed by atoms with Crippen molar-refractivity contribution in [1.29, 1.82) is 0 Å². The Morgan fingerprint density at radius 2 is 1.48 bits per heavy atom. The van der Waals surface area contributed by atoms with Crippen LogP contribution >= 0.6 is 0 Å². The molecule has 0 radical (unpaired) electrons. The van der Waals surface area contributed by atoms with Gasteiger partial charge in [-0.05, 0) is 65.9 Å². The number of nitrogens with two attached hydrogens (primary N) is 3. The number of aromatic hydroxyl groups is 2. The highest BCUT2D eigenvalue weighted by Gasteiger charge is 2.29. The maximum absolute atomic E-state index is 13.3. The minimum Gasteiger partial charge on any atom is -0.508 e. The number of rotatable bonds is 8. The van der Waals surface area contributed by atoms with Crippen molar-refractivity contribution >= 4 is 23.6 Å². The third kappa shape index (κ3) is 8.15. The Labute approximate surface area is 231 Å². The second-order valence-electron chi connectivity index (χ2n) is 9.60. The van der Waals surface area contributed by atoms with Crippen molar-refractivity contribution in [3.63, 3.8) is 0 Å². The van der Waals surface area contributed by atoms with E-state index in [0.717, 1.165) is 0 Å². The molecule has 40 heavy (non-hydrogen) atoms. The van der Waals surface area contributed by atoms with E-state index in [1.165, 1.54) is 12.1 Å². The molecule has 4 amide bonds. The van der Waals surface area contributed by atoms with Crippen molar-refractivity contribution in [2.75, 3.05) is 26.2 Å². The Balaban J connectivity index is 1.99. The first-order valence-corrected chi connectivity index (χ1v) is 13.1. The van der Waals surface area contributed by atoms with Gasteiger partial charge in [-0.15, -0.1) is 0 Å². The van der Waals surface area contributed by atoms with Crippen LogP contribution in [-0.4, -0.2) is 78.1 Å². The van der Waals surface area contributed by atoms with Gasteiger partial charge in [-0.2, -0.15) is 0 Å². The maximum atomic E-state index is 13.3. The molecule has 0 fully saturated rings. The first-order chi connectivity index (χ1) is 19.1. The zero-order chi connectivity index (χ0) is 29.2. The highest BCUT2D eigenvalue weighted by molar-refractivity contribution is 5.93. The van der Waals surface area contributed by atoms with Crippen LogP contribution in [0.5, 0.6) is 11.5 Å². The summed E-state index contributed by atoms with van der Waals surface area (Å²) in [6, 6.07) is 6.49. The molecule has 1 unspecified atom stereocenters. The molecule has 13 heteroatoms. The molecule has 0 saturated heterocycles. The molecule has 0 aliphatic carbocycles. The van der Waals surface area contributed by atoms with Crippen molar-refractivity contribution in [2.24, 2.45) is 17.2 Å². The van der Waals surface area contributed by atoms with Crippen molar-refractivity contribution in [1.82, 2.24) is 21.3 Å². The average Bonchev–Trinajstić information content (AvgIpc) is 2.94. The first-order valence-electron chi connectivity index (χ1n) is 13.1. The van der Waals surface area contributed by atoms with Gasteiger partial charge in [0, 0.05) is 25.9 Å². The Hall–Kier alpha value is -4.20. The smallest absolute Gasteiger partial charge is 0.243 e. The highest BCUT2D eigenvalue weighted by Crippen LogP contribution is 2.30. The van der Waals surface area contributed by atoms with Crippen LogP contribution in [0.2, 0.25) is 0 Å². The van der Waals surface area contributed by atoms with Gasteiger partial charge in [0.15, 0.2) is 0 Å². The van der Waals surface area contributed by atoms with E-state index in [1.807, 2.05) is 0 Å². The van der Waals surface area contributed by atoms with Gasteiger partial charge < -0.3 is 48.7 Å². The SMILES string of the molecule is NCCC[C@@H]1NC(=O)[C@@H](N)Cc2cc(ccc2O)-c2ccc(O)c(c2)CC(C(=O)NCCNC(=O)CN)NC1=O. The number of hydrogen-bond donors (Lipinski definition) is 9. The Morgan fingerprint density at radius 3 is 2.08 bits per heavy atom. The number of fused-ring (bicyclic) bond motifs is 5. The monoisotopic (exact) mass is 555 g/mol. The highest BCUT2D eigenvalue weighted by atomic mass is 16.3. The molecule has 216 valence electrons. The fraction of sp³-hybridized carbons (Fsp3) is 0.407. The van der Waals surface area contributed by atoms with Gasteiger partial charge in [-0.1, -0.05) is 12.1 Å². The lowest BCUT2D eigenvalue weighted by molar-refractivity contribution is -0.132. The van der Waals surface area contributed by atoms with Gasteiger partial charge >= 0.3 is 0 Å². The van der Waals surface area contributed by atoms with Crippen LogP contribution < -0.4 is 38.5 Å². The number of phenolic OH excluding ortho intramolecular Hbond substituents is 2. The molecule has 2 aromatic rings. The van der Waals surface area contributed by atoms with Crippen molar-refractivity contribution in [3.05, 3.63) is 47.5 Å². The topological polar surface area (TPSA) is 235 Å².